The molecule has 32 heavy (non-hydrogen) atoms. The Morgan fingerprint density at radius 2 is 1.22 bits per heavy atom. The van der Waals surface area contributed by atoms with Crippen LogP contribution >= 0.6 is 0 Å². The Hall–Kier alpha value is -2.68. The van der Waals surface area contributed by atoms with Crippen LogP contribution in [0.4, 0.5) is 0 Å². The standard InChI is InChI=1S/C30H31NO/c32-28(23-10-2-1-3-11-23)20-31-18-24-16-14-21-8-4-6-12-26(21)29(24)30-25(19-31)17-15-22-9-5-7-13-27(22)30/h4-9,12-17,23,28,32H,1-3,10-11,18-20H2/t28-/m1/s1. The van der Waals surface area contributed by atoms with E-state index in [9.17, 15) is 5.11 Å². The molecule has 0 bridgehead atoms. The molecule has 4 aromatic rings. The molecule has 1 saturated carbocycles. The van der Waals surface area contributed by atoms with Crippen LogP contribution < -0.4 is 0 Å². The maximum Gasteiger partial charge on any atom is 0.0695 e. The van der Waals surface area contributed by atoms with E-state index in [4.69, 9.17) is 0 Å². The van der Waals surface area contributed by atoms with Crippen molar-refractivity contribution in [3.63, 3.8) is 0 Å². The zero-order chi connectivity index (χ0) is 21.5. The quantitative estimate of drug-likeness (QED) is 0.388. The minimum absolute atomic E-state index is 0.235. The van der Waals surface area contributed by atoms with Gasteiger partial charge in [0.05, 0.1) is 6.10 Å². The number of aliphatic hydroxyl groups excluding tert-OH is 1. The Morgan fingerprint density at radius 3 is 1.78 bits per heavy atom. The number of hydrogen-bond donors (Lipinski definition) is 1. The lowest BCUT2D eigenvalue weighted by molar-refractivity contribution is 0.0430. The second-order valence-electron chi connectivity index (χ2n) is 9.78. The third-order valence-corrected chi connectivity index (χ3v) is 7.71. The first-order chi connectivity index (χ1) is 15.8. The average molecular weight is 422 g/mol. The van der Waals surface area contributed by atoms with E-state index in [1.807, 2.05) is 0 Å². The van der Waals surface area contributed by atoms with E-state index >= 15 is 0 Å². The van der Waals surface area contributed by atoms with Gasteiger partial charge in [-0.25, -0.2) is 0 Å². The van der Waals surface area contributed by atoms with Crippen molar-refractivity contribution in [2.24, 2.45) is 5.92 Å². The van der Waals surface area contributed by atoms with Crippen LogP contribution in [0.25, 0.3) is 32.7 Å². The van der Waals surface area contributed by atoms with Crippen LogP contribution in [0.5, 0.6) is 0 Å². The summed E-state index contributed by atoms with van der Waals surface area (Å²) in [5, 5.41) is 16.4. The molecule has 0 radical (unpaired) electrons. The Bertz CT molecular complexity index is 1180. The number of nitrogens with zero attached hydrogens (tertiary/aromatic N) is 1. The Morgan fingerprint density at radius 1 is 0.688 bits per heavy atom. The monoisotopic (exact) mass is 421 g/mol. The molecule has 2 aliphatic rings. The third kappa shape index (κ3) is 3.52. The van der Waals surface area contributed by atoms with E-state index in [1.54, 1.807) is 0 Å². The van der Waals surface area contributed by atoms with Gasteiger partial charge in [-0.05, 0) is 62.6 Å². The molecular weight excluding hydrogens is 390 g/mol. The van der Waals surface area contributed by atoms with E-state index < -0.39 is 0 Å². The molecule has 2 heteroatoms. The molecule has 4 aromatic carbocycles. The zero-order valence-corrected chi connectivity index (χ0v) is 18.6. The van der Waals surface area contributed by atoms with Crippen molar-refractivity contribution in [1.29, 1.82) is 0 Å². The fourth-order valence-electron chi connectivity index (χ4n) is 6.09. The molecule has 162 valence electrons. The molecule has 1 atom stereocenters. The predicted molar refractivity (Wildman–Crippen MR) is 134 cm³/mol. The lowest BCUT2D eigenvalue weighted by Gasteiger charge is -2.31. The highest BCUT2D eigenvalue weighted by atomic mass is 16.3. The average Bonchev–Trinajstić information content (AvgIpc) is 3.01. The van der Waals surface area contributed by atoms with Crippen molar-refractivity contribution in [3.05, 3.63) is 83.9 Å². The highest BCUT2D eigenvalue weighted by Gasteiger charge is 2.27. The second kappa shape index (κ2) is 8.35. The van der Waals surface area contributed by atoms with E-state index in [2.05, 4.69) is 77.7 Å². The van der Waals surface area contributed by atoms with Crippen LogP contribution in [-0.4, -0.2) is 22.7 Å². The summed E-state index contributed by atoms with van der Waals surface area (Å²) in [6.07, 6.45) is 5.99. The van der Waals surface area contributed by atoms with Gasteiger partial charge in [0.25, 0.3) is 0 Å². The van der Waals surface area contributed by atoms with E-state index in [1.165, 1.54) is 75.9 Å². The number of hydrogen-bond acceptors (Lipinski definition) is 2. The van der Waals surface area contributed by atoms with Crippen LogP contribution in [0.2, 0.25) is 0 Å². The van der Waals surface area contributed by atoms with Crippen LogP contribution in [0.1, 0.15) is 43.2 Å². The third-order valence-electron chi connectivity index (χ3n) is 7.71. The molecular formula is C30H31NO. The van der Waals surface area contributed by atoms with E-state index in [0.29, 0.717) is 5.92 Å². The van der Waals surface area contributed by atoms with Gasteiger partial charge < -0.3 is 5.11 Å². The first kappa shape index (κ1) is 20.0. The molecule has 0 spiro atoms. The van der Waals surface area contributed by atoms with Crippen molar-refractivity contribution in [2.45, 2.75) is 51.3 Å². The smallest absolute Gasteiger partial charge is 0.0695 e. The number of benzene rings is 4. The van der Waals surface area contributed by atoms with Gasteiger partial charge in [-0.1, -0.05) is 92.1 Å². The Balaban J connectivity index is 1.49. The van der Waals surface area contributed by atoms with Gasteiger partial charge in [0, 0.05) is 19.6 Å². The Labute approximate surface area is 190 Å². The molecule has 1 aliphatic carbocycles. The summed E-state index contributed by atoms with van der Waals surface area (Å²) >= 11 is 0. The van der Waals surface area contributed by atoms with E-state index in [-0.39, 0.29) is 6.10 Å². The van der Waals surface area contributed by atoms with Crippen LogP contribution in [-0.2, 0) is 13.1 Å². The number of fused-ring (bicyclic) bond motifs is 7. The number of rotatable bonds is 3. The largest absolute Gasteiger partial charge is 0.392 e. The highest BCUT2D eigenvalue weighted by molar-refractivity contribution is 6.08. The predicted octanol–water partition coefficient (Wildman–Crippen LogP) is 6.92. The van der Waals surface area contributed by atoms with Crippen LogP contribution in [0.3, 0.4) is 0 Å². The molecule has 0 saturated heterocycles. The van der Waals surface area contributed by atoms with Gasteiger partial charge in [0.1, 0.15) is 0 Å². The zero-order valence-electron chi connectivity index (χ0n) is 18.6. The molecule has 2 nitrogen and oxygen atoms in total. The van der Waals surface area contributed by atoms with Gasteiger partial charge >= 0.3 is 0 Å². The summed E-state index contributed by atoms with van der Waals surface area (Å²) in [5.74, 6) is 0.458. The van der Waals surface area contributed by atoms with Crippen LogP contribution in [0, 0.1) is 5.92 Å². The Kier molecular flexibility index (Phi) is 5.21. The van der Waals surface area contributed by atoms with Crippen molar-refractivity contribution in [3.8, 4) is 11.1 Å². The molecule has 1 heterocycles. The fourth-order valence-corrected chi connectivity index (χ4v) is 6.09. The topological polar surface area (TPSA) is 23.5 Å². The first-order valence-corrected chi connectivity index (χ1v) is 12.2. The summed E-state index contributed by atoms with van der Waals surface area (Å²) in [5.41, 5.74) is 5.50. The normalized spacial score (nSPS) is 18.3. The van der Waals surface area contributed by atoms with Gasteiger partial charge in [0.2, 0.25) is 0 Å². The summed E-state index contributed by atoms with van der Waals surface area (Å²) < 4.78 is 0. The fraction of sp³-hybridized carbons (Fsp3) is 0.333. The maximum atomic E-state index is 11.1. The molecule has 0 aromatic heterocycles. The summed E-state index contributed by atoms with van der Waals surface area (Å²) in [7, 11) is 0. The first-order valence-electron chi connectivity index (χ1n) is 12.2. The SMILES string of the molecule is O[C@H](CN1Cc2ccc3ccccc3c2-c2c(ccc3ccccc23)C1)C1CCCCC1. The molecule has 0 amide bonds. The van der Waals surface area contributed by atoms with Gasteiger partial charge in [-0.15, -0.1) is 0 Å². The minimum Gasteiger partial charge on any atom is -0.392 e. The van der Waals surface area contributed by atoms with Crippen molar-refractivity contribution < 1.29 is 5.11 Å². The van der Waals surface area contributed by atoms with Crippen molar-refractivity contribution >= 4 is 21.5 Å². The summed E-state index contributed by atoms with van der Waals surface area (Å²) in [4.78, 5) is 2.48. The van der Waals surface area contributed by atoms with Gasteiger partial charge in [-0.2, -0.15) is 0 Å². The summed E-state index contributed by atoms with van der Waals surface area (Å²) in [6.45, 7) is 2.52. The molecule has 6 rings (SSSR count). The molecule has 1 fully saturated rings. The van der Waals surface area contributed by atoms with Crippen molar-refractivity contribution in [2.75, 3.05) is 6.54 Å². The molecule has 1 aliphatic heterocycles. The second-order valence-corrected chi connectivity index (χ2v) is 9.78. The highest BCUT2D eigenvalue weighted by Crippen LogP contribution is 2.42. The van der Waals surface area contributed by atoms with Crippen LogP contribution in [0.15, 0.2) is 72.8 Å². The van der Waals surface area contributed by atoms with Gasteiger partial charge in [-0.3, -0.25) is 4.90 Å². The lowest BCUT2D eigenvalue weighted by Crippen LogP contribution is -2.36. The number of aliphatic hydroxyl groups is 1. The maximum absolute atomic E-state index is 11.1. The minimum atomic E-state index is -0.235. The van der Waals surface area contributed by atoms with Crippen molar-refractivity contribution in [1.82, 2.24) is 4.90 Å². The summed E-state index contributed by atoms with van der Waals surface area (Å²) in [6, 6.07) is 26.7. The lowest BCUT2D eigenvalue weighted by atomic mass is 9.85. The molecule has 1 N–H and O–H groups in total. The number of β-amino-alcohol motifs (C(OH)–C–C–N with tert-alkyl or cyclic N) is 1. The van der Waals surface area contributed by atoms with Gasteiger partial charge in [0.15, 0.2) is 0 Å². The van der Waals surface area contributed by atoms with E-state index in [0.717, 1.165) is 19.6 Å². The molecule has 0 unspecified atom stereocenters.